The Labute approximate surface area is 210 Å². The van der Waals surface area contributed by atoms with Gasteiger partial charge in [0.15, 0.2) is 0 Å². The van der Waals surface area contributed by atoms with E-state index >= 15 is 0 Å². The molecule has 1 unspecified atom stereocenters. The molecule has 0 radical (unpaired) electrons. The highest BCUT2D eigenvalue weighted by molar-refractivity contribution is 7.16. The molecule has 2 N–H and O–H groups in total. The molecule has 5 rings (SSSR count). The van der Waals surface area contributed by atoms with Crippen molar-refractivity contribution in [3.05, 3.63) is 99.3 Å². The molecule has 0 spiro atoms. The Morgan fingerprint density at radius 2 is 2.09 bits per heavy atom. The SMILES string of the molecule is C=C(C)c1ccc(-c2cccc3c2CC(c2n[nH]c(=C)/c2=C\C(=C/C)c2cncc(CC)c2)N3)s1. The number of hydrogen-bond acceptors (Lipinski definition) is 4. The zero-order valence-corrected chi connectivity index (χ0v) is 21.3. The van der Waals surface area contributed by atoms with Crippen LogP contribution in [0.3, 0.4) is 0 Å². The first-order valence-electron chi connectivity index (χ1n) is 12.0. The Balaban J connectivity index is 1.51. The van der Waals surface area contributed by atoms with Gasteiger partial charge in [-0.15, -0.1) is 11.3 Å². The molecule has 1 aromatic carbocycles. The molecule has 4 nitrogen and oxygen atoms in total. The lowest BCUT2D eigenvalue weighted by atomic mass is 9.99. The Kier molecular flexibility index (Phi) is 6.27. The second-order valence-electron chi connectivity index (χ2n) is 9.00. The van der Waals surface area contributed by atoms with Gasteiger partial charge in [-0.05, 0) is 84.0 Å². The third-order valence-corrected chi connectivity index (χ3v) is 7.88. The molecule has 1 aliphatic rings. The van der Waals surface area contributed by atoms with E-state index in [1.54, 1.807) is 11.3 Å². The minimum absolute atomic E-state index is 0.0722. The number of aryl methyl sites for hydroxylation is 1. The number of nitrogens with zero attached hydrogens (tertiary/aromatic N) is 2. The van der Waals surface area contributed by atoms with Gasteiger partial charge in [0.2, 0.25) is 0 Å². The van der Waals surface area contributed by atoms with E-state index in [0.29, 0.717) is 0 Å². The van der Waals surface area contributed by atoms with Gasteiger partial charge in [-0.2, -0.15) is 5.10 Å². The molecule has 0 aliphatic carbocycles. The van der Waals surface area contributed by atoms with E-state index in [1.165, 1.54) is 32.1 Å². The average molecular weight is 479 g/mol. The Morgan fingerprint density at radius 1 is 1.23 bits per heavy atom. The van der Waals surface area contributed by atoms with E-state index in [0.717, 1.165) is 45.8 Å². The third-order valence-electron chi connectivity index (χ3n) is 6.60. The molecule has 4 heterocycles. The van der Waals surface area contributed by atoms with Crippen LogP contribution in [0.25, 0.3) is 34.2 Å². The van der Waals surface area contributed by atoms with Crippen LogP contribution in [0.1, 0.15) is 54.1 Å². The summed E-state index contributed by atoms with van der Waals surface area (Å²) in [4.78, 5) is 6.94. The fraction of sp³-hybridized carbons (Fsp3) is 0.200. The van der Waals surface area contributed by atoms with E-state index in [2.05, 4.69) is 97.9 Å². The predicted octanol–water partition coefficient (Wildman–Crippen LogP) is 6.13. The van der Waals surface area contributed by atoms with Gasteiger partial charge < -0.3 is 5.32 Å². The number of anilines is 1. The molecule has 0 bridgehead atoms. The van der Waals surface area contributed by atoms with Crippen LogP contribution in [-0.2, 0) is 12.8 Å². The molecule has 4 aromatic rings. The molecule has 5 heteroatoms. The van der Waals surface area contributed by atoms with Crippen molar-refractivity contribution in [2.24, 2.45) is 0 Å². The average Bonchev–Trinajstić information content (AvgIpc) is 3.60. The molecule has 0 amide bonds. The quantitative estimate of drug-likeness (QED) is 0.350. The third kappa shape index (κ3) is 4.40. The first-order chi connectivity index (χ1) is 17.0. The molecule has 0 saturated heterocycles. The zero-order valence-electron chi connectivity index (χ0n) is 20.5. The standard InChI is InChI=1S/C30H30N4S/c1-6-20-13-22(17-31-16-20)21(7-2)14-24-19(5)33-34-30(24)27-15-25-23(9-8-10-26(25)32-27)29-12-11-28(35-29)18(3)4/h7-14,16-17,27,32-33H,3,5-6,15H2,1-2,4H3/b21-7+,24-14+. The van der Waals surface area contributed by atoms with Crippen molar-refractivity contribution in [2.75, 3.05) is 5.32 Å². The van der Waals surface area contributed by atoms with Crippen LogP contribution in [0.2, 0.25) is 0 Å². The van der Waals surface area contributed by atoms with Crippen LogP contribution in [0, 0.1) is 0 Å². The normalized spacial score (nSPS) is 15.8. The molecule has 3 aromatic heterocycles. The second-order valence-corrected chi connectivity index (χ2v) is 10.1. The van der Waals surface area contributed by atoms with Crippen molar-refractivity contribution < 1.29 is 0 Å². The van der Waals surface area contributed by atoms with E-state index in [1.807, 2.05) is 12.4 Å². The number of allylic oxidation sites excluding steroid dienone is 3. The van der Waals surface area contributed by atoms with Crippen molar-refractivity contribution in [1.29, 1.82) is 0 Å². The summed E-state index contributed by atoms with van der Waals surface area (Å²) < 4.78 is 0. The number of benzene rings is 1. The summed E-state index contributed by atoms with van der Waals surface area (Å²) in [5, 5.41) is 13.4. The van der Waals surface area contributed by atoms with Gasteiger partial charge in [0, 0.05) is 39.5 Å². The number of hydrogen-bond donors (Lipinski definition) is 2. The smallest absolute Gasteiger partial charge is 0.0926 e. The summed E-state index contributed by atoms with van der Waals surface area (Å²) in [6.07, 6.45) is 9.98. The van der Waals surface area contributed by atoms with Gasteiger partial charge >= 0.3 is 0 Å². The van der Waals surface area contributed by atoms with E-state index in [9.17, 15) is 0 Å². The Bertz CT molecular complexity index is 1550. The van der Waals surface area contributed by atoms with Gasteiger partial charge in [-0.25, -0.2) is 0 Å². The van der Waals surface area contributed by atoms with Crippen molar-refractivity contribution in [3.63, 3.8) is 0 Å². The summed E-state index contributed by atoms with van der Waals surface area (Å²) in [6, 6.07) is 13.1. The minimum Gasteiger partial charge on any atom is -0.376 e. The highest BCUT2D eigenvalue weighted by Gasteiger charge is 2.27. The summed E-state index contributed by atoms with van der Waals surface area (Å²) in [5.41, 5.74) is 9.32. The van der Waals surface area contributed by atoms with Crippen LogP contribution in [0.15, 0.2) is 61.4 Å². The number of fused-ring (bicyclic) bond motifs is 1. The van der Waals surface area contributed by atoms with Crippen molar-refractivity contribution in [3.8, 4) is 10.4 Å². The lowest BCUT2D eigenvalue weighted by molar-refractivity contribution is 0.775. The Morgan fingerprint density at radius 3 is 2.83 bits per heavy atom. The Hall–Kier alpha value is -3.70. The molecular weight excluding hydrogens is 448 g/mol. The zero-order chi connectivity index (χ0) is 24.5. The number of pyridine rings is 1. The highest BCUT2D eigenvalue weighted by Crippen LogP contribution is 2.41. The van der Waals surface area contributed by atoms with Crippen LogP contribution in [0.5, 0.6) is 0 Å². The van der Waals surface area contributed by atoms with Crippen LogP contribution in [-0.4, -0.2) is 15.2 Å². The monoisotopic (exact) mass is 478 g/mol. The lowest BCUT2D eigenvalue weighted by Crippen LogP contribution is -2.26. The number of rotatable bonds is 6. The molecule has 176 valence electrons. The maximum Gasteiger partial charge on any atom is 0.0926 e. The van der Waals surface area contributed by atoms with Crippen molar-refractivity contribution in [1.82, 2.24) is 15.2 Å². The van der Waals surface area contributed by atoms with Gasteiger partial charge in [0.1, 0.15) is 0 Å². The minimum atomic E-state index is 0.0722. The van der Waals surface area contributed by atoms with Crippen LogP contribution < -0.4 is 15.9 Å². The van der Waals surface area contributed by atoms with Crippen molar-refractivity contribution >= 4 is 40.8 Å². The fourth-order valence-corrected chi connectivity index (χ4v) is 5.63. The predicted molar refractivity (Wildman–Crippen MR) is 150 cm³/mol. The largest absolute Gasteiger partial charge is 0.376 e. The number of aromatic amines is 1. The van der Waals surface area contributed by atoms with Gasteiger partial charge in [0.05, 0.1) is 17.1 Å². The van der Waals surface area contributed by atoms with E-state index in [4.69, 9.17) is 5.10 Å². The van der Waals surface area contributed by atoms with E-state index in [-0.39, 0.29) is 6.04 Å². The number of aromatic nitrogens is 3. The van der Waals surface area contributed by atoms with Gasteiger partial charge in [0.25, 0.3) is 0 Å². The van der Waals surface area contributed by atoms with Crippen molar-refractivity contribution in [2.45, 2.75) is 39.7 Å². The van der Waals surface area contributed by atoms with Crippen LogP contribution in [0.4, 0.5) is 5.69 Å². The highest BCUT2D eigenvalue weighted by atomic mass is 32.1. The molecule has 0 fully saturated rings. The maximum absolute atomic E-state index is 4.69. The lowest BCUT2D eigenvalue weighted by Gasteiger charge is -2.09. The topological polar surface area (TPSA) is 53.6 Å². The first kappa shape index (κ1) is 23.1. The molecule has 1 aliphatic heterocycles. The fourth-order valence-electron chi connectivity index (χ4n) is 4.65. The first-order valence-corrected chi connectivity index (χ1v) is 12.8. The molecular formula is C30H30N4S. The molecule has 1 atom stereocenters. The number of thiophene rings is 1. The van der Waals surface area contributed by atoms with Crippen LogP contribution >= 0.6 is 11.3 Å². The van der Waals surface area contributed by atoms with Gasteiger partial charge in [-0.1, -0.05) is 38.3 Å². The number of nitrogens with one attached hydrogen (secondary N) is 2. The summed E-state index contributed by atoms with van der Waals surface area (Å²) in [6.45, 7) is 14.6. The summed E-state index contributed by atoms with van der Waals surface area (Å²) in [5.74, 6) is 0. The maximum atomic E-state index is 4.69. The molecule has 0 saturated carbocycles. The van der Waals surface area contributed by atoms with E-state index < -0.39 is 0 Å². The second kappa shape index (κ2) is 9.51. The summed E-state index contributed by atoms with van der Waals surface area (Å²) >= 11 is 1.80. The number of H-pyrrole nitrogens is 1. The van der Waals surface area contributed by atoms with Gasteiger partial charge in [-0.3, -0.25) is 10.1 Å². The summed E-state index contributed by atoms with van der Waals surface area (Å²) in [7, 11) is 0. The molecule has 35 heavy (non-hydrogen) atoms.